The van der Waals surface area contributed by atoms with Gasteiger partial charge in [-0.1, -0.05) is 75.5 Å². The molecule has 2 nitrogen and oxygen atoms in total. The van der Waals surface area contributed by atoms with E-state index in [-0.39, 0.29) is 0 Å². The molecule has 2 heteroatoms. The van der Waals surface area contributed by atoms with Gasteiger partial charge in [-0.05, 0) is 57.1 Å². The Bertz CT molecular complexity index is 536. The van der Waals surface area contributed by atoms with E-state index in [9.17, 15) is 4.79 Å². The first-order valence-electron chi connectivity index (χ1n) is 10.4. The fourth-order valence-electron chi connectivity index (χ4n) is 2.96. The molecule has 0 saturated heterocycles. The number of carbonyl (C=O) groups is 1. The van der Waals surface area contributed by atoms with E-state index in [1.807, 2.05) is 12.1 Å². The predicted octanol–water partition coefficient (Wildman–Crippen LogP) is 7.35. The normalized spacial score (nSPS) is 12.0. The molecule has 0 aliphatic heterocycles. The number of hydrogen-bond acceptors (Lipinski definition) is 1. The van der Waals surface area contributed by atoms with Gasteiger partial charge in [0.05, 0.1) is 5.69 Å². The van der Waals surface area contributed by atoms with E-state index in [4.69, 9.17) is 0 Å². The molecule has 0 aliphatic carbocycles. The molecule has 26 heavy (non-hydrogen) atoms. The minimum atomic E-state index is 0.689. The van der Waals surface area contributed by atoms with Crippen molar-refractivity contribution >= 4 is 6.29 Å². The van der Waals surface area contributed by atoms with Crippen molar-refractivity contribution < 1.29 is 4.79 Å². The van der Waals surface area contributed by atoms with Gasteiger partial charge in [0, 0.05) is 5.69 Å². The first-order chi connectivity index (χ1) is 12.9. The molecule has 0 aromatic carbocycles. The molecule has 0 amide bonds. The number of aromatic nitrogens is 1. The van der Waals surface area contributed by atoms with Crippen LogP contribution < -0.4 is 0 Å². The molecular formula is C24H37NO. The van der Waals surface area contributed by atoms with Gasteiger partial charge in [0.2, 0.25) is 0 Å². The second-order valence-electron chi connectivity index (χ2n) is 6.86. The van der Waals surface area contributed by atoms with Crippen molar-refractivity contribution in [2.24, 2.45) is 0 Å². The fourth-order valence-corrected chi connectivity index (χ4v) is 2.96. The van der Waals surface area contributed by atoms with Crippen LogP contribution in [0.4, 0.5) is 0 Å². The van der Waals surface area contributed by atoms with Crippen LogP contribution in [0, 0.1) is 0 Å². The molecule has 1 heterocycles. The lowest BCUT2D eigenvalue weighted by Crippen LogP contribution is -1.88. The van der Waals surface area contributed by atoms with Crippen molar-refractivity contribution in [3.05, 3.63) is 60.0 Å². The molecule has 0 saturated carbocycles. The van der Waals surface area contributed by atoms with Gasteiger partial charge in [-0.2, -0.15) is 0 Å². The summed E-state index contributed by atoms with van der Waals surface area (Å²) in [6.45, 7) is 2.17. The SMILES string of the molecule is CC/C=C\C/C=C\C/C=C\CCCCCCCCCc1ccc(C=O)[nH]1. The number of nitrogens with one attached hydrogen (secondary N) is 1. The maximum Gasteiger partial charge on any atom is 0.166 e. The zero-order chi connectivity index (χ0) is 18.7. The van der Waals surface area contributed by atoms with E-state index < -0.39 is 0 Å². The van der Waals surface area contributed by atoms with Gasteiger partial charge in [0.15, 0.2) is 6.29 Å². The molecule has 1 rings (SSSR count). The van der Waals surface area contributed by atoms with Gasteiger partial charge in [0.1, 0.15) is 0 Å². The Morgan fingerprint density at radius 2 is 1.38 bits per heavy atom. The summed E-state index contributed by atoms with van der Waals surface area (Å²) in [6.07, 6.45) is 29.2. The highest BCUT2D eigenvalue weighted by Crippen LogP contribution is 2.11. The quantitative estimate of drug-likeness (QED) is 0.188. The molecule has 1 aromatic heterocycles. The van der Waals surface area contributed by atoms with Gasteiger partial charge in [0.25, 0.3) is 0 Å². The molecular weight excluding hydrogens is 318 g/mol. The van der Waals surface area contributed by atoms with E-state index in [1.54, 1.807) is 0 Å². The van der Waals surface area contributed by atoms with Crippen LogP contribution in [0.15, 0.2) is 48.6 Å². The Labute approximate surface area is 160 Å². The molecule has 1 N–H and O–H groups in total. The second-order valence-corrected chi connectivity index (χ2v) is 6.86. The Hall–Kier alpha value is -1.83. The maximum absolute atomic E-state index is 10.6. The summed E-state index contributed by atoms with van der Waals surface area (Å²) in [5, 5.41) is 0. The van der Waals surface area contributed by atoms with Crippen LogP contribution in [0.5, 0.6) is 0 Å². The molecule has 1 aromatic rings. The molecule has 0 radical (unpaired) electrons. The molecule has 0 bridgehead atoms. The number of aryl methyl sites for hydroxylation is 1. The van der Waals surface area contributed by atoms with Crippen molar-refractivity contribution in [3.63, 3.8) is 0 Å². The third kappa shape index (κ3) is 12.5. The predicted molar refractivity (Wildman–Crippen MR) is 114 cm³/mol. The number of carbonyl (C=O) groups excluding carboxylic acids is 1. The van der Waals surface area contributed by atoms with Crippen LogP contribution in [0.1, 0.15) is 93.7 Å². The lowest BCUT2D eigenvalue weighted by Gasteiger charge is -2.01. The lowest BCUT2D eigenvalue weighted by atomic mass is 10.1. The molecule has 0 unspecified atom stereocenters. The Balaban J connectivity index is 1.83. The van der Waals surface area contributed by atoms with Crippen LogP contribution in [-0.2, 0) is 6.42 Å². The highest BCUT2D eigenvalue weighted by Gasteiger charge is 1.98. The van der Waals surface area contributed by atoms with Gasteiger partial charge < -0.3 is 4.98 Å². The number of aromatic amines is 1. The summed E-state index contributed by atoms with van der Waals surface area (Å²) in [7, 11) is 0. The Morgan fingerprint density at radius 3 is 2.04 bits per heavy atom. The highest BCUT2D eigenvalue weighted by molar-refractivity contribution is 5.71. The molecule has 144 valence electrons. The average Bonchev–Trinajstić information content (AvgIpc) is 3.12. The van der Waals surface area contributed by atoms with Crippen molar-refractivity contribution in [1.29, 1.82) is 0 Å². The highest BCUT2D eigenvalue weighted by atomic mass is 16.1. The first-order valence-corrected chi connectivity index (χ1v) is 10.4. The summed E-state index contributed by atoms with van der Waals surface area (Å²) in [5.41, 5.74) is 1.88. The zero-order valence-electron chi connectivity index (χ0n) is 16.6. The summed E-state index contributed by atoms with van der Waals surface area (Å²) in [5.74, 6) is 0. The van der Waals surface area contributed by atoms with Crippen LogP contribution in [-0.4, -0.2) is 11.3 Å². The minimum absolute atomic E-state index is 0.689. The summed E-state index contributed by atoms with van der Waals surface area (Å²) >= 11 is 0. The summed E-state index contributed by atoms with van der Waals surface area (Å²) < 4.78 is 0. The van der Waals surface area contributed by atoms with E-state index >= 15 is 0 Å². The van der Waals surface area contributed by atoms with Crippen LogP contribution in [0.2, 0.25) is 0 Å². The number of rotatable bonds is 16. The van der Waals surface area contributed by atoms with Gasteiger partial charge >= 0.3 is 0 Å². The largest absolute Gasteiger partial charge is 0.356 e. The topological polar surface area (TPSA) is 32.9 Å². The average molecular weight is 356 g/mol. The van der Waals surface area contributed by atoms with Crippen molar-refractivity contribution in [3.8, 4) is 0 Å². The molecule has 0 atom stereocenters. The van der Waals surface area contributed by atoms with Crippen LogP contribution in [0.25, 0.3) is 0 Å². The van der Waals surface area contributed by atoms with Crippen LogP contribution in [0.3, 0.4) is 0 Å². The number of aldehydes is 1. The molecule has 0 fully saturated rings. The zero-order valence-corrected chi connectivity index (χ0v) is 16.6. The van der Waals surface area contributed by atoms with Crippen molar-refractivity contribution in [1.82, 2.24) is 4.98 Å². The number of hydrogen-bond donors (Lipinski definition) is 1. The van der Waals surface area contributed by atoms with E-state index in [0.29, 0.717) is 5.69 Å². The number of unbranched alkanes of at least 4 members (excludes halogenated alkanes) is 7. The molecule has 0 spiro atoms. The van der Waals surface area contributed by atoms with Gasteiger partial charge in [-0.3, -0.25) is 4.79 Å². The minimum Gasteiger partial charge on any atom is -0.356 e. The second kappa shape index (κ2) is 16.6. The van der Waals surface area contributed by atoms with E-state index in [1.165, 1.54) is 57.1 Å². The smallest absolute Gasteiger partial charge is 0.166 e. The standard InChI is InChI=1S/C24H37NO/c1-2-3-4-5-6-7-8-9-10-11-12-13-14-15-16-17-18-19-23-20-21-24(22-26)25-23/h3-4,6-7,9-10,20-22,25H,2,5,8,11-19H2,1H3/b4-3-,7-6-,10-9-. The Morgan fingerprint density at radius 1 is 0.769 bits per heavy atom. The van der Waals surface area contributed by atoms with Crippen molar-refractivity contribution in [2.75, 3.05) is 0 Å². The van der Waals surface area contributed by atoms with E-state index in [2.05, 4.69) is 48.4 Å². The maximum atomic E-state index is 10.6. The monoisotopic (exact) mass is 355 g/mol. The molecule has 0 aliphatic rings. The summed E-state index contributed by atoms with van der Waals surface area (Å²) in [6, 6.07) is 3.88. The number of H-pyrrole nitrogens is 1. The Kier molecular flexibility index (Phi) is 14.2. The fraction of sp³-hybridized carbons (Fsp3) is 0.542. The summed E-state index contributed by atoms with van der Waals surface area (Å²) in [4.78, 5) is 13.7. The van der Waals surface area contributed by atoms with Gasteiger partial charge in [-0.25, -0.2) is 0 Å². The third-order valence-electron chi connectivity index (χ3n) is 4.49. The lowest BCUT2D eigenvalue weighted by molar-refractivity contribution is 0.111. The van der Waals surface area contributed by atoms with E-state index in [0.717, 1.165) is 32.0 Å². The first kappa shape index (κ1) is 22.2. The van der Waals surface area contributed by atoms with Gasteiger partial charge in [-0.15, -0.1) is 0 Å². The number of allylic oxidation sites excluding steroid dienone is 6. The van der Waals surface area contributed by atoms with Crippen LogP contribution >= 0.6 is 0 Å². The van der Waals surface area contributed by atoms with Crippen molar-refractivity contribution in [2.45, 2.75) is 84.0 Å². The third-order valence-corrected chi connectivity index (χ3v) is 4.49.